The Kier molecular flexibility index (Phi) is 4.43. The number of aromatic carboxylic acids is 2. The summed E-state index contributed by atoms with van der Waals surface area (Å²) in [7, 11) is 0. The minimum absolute atomic E-state index is 0.128. The van der Waals surface area contributed by atoms with Gasteiger partial charge in [0.2, 0.25) is 0 Å². The number of carbonyl (C=O) groups is 2. The van der Waals surface area contributed by atoms with Crippen molar-refractivity contribution in [3.63, 3.8) is 0 Å². The summed E-state index contributed by atoms with van der Waals surface area (Å²) >= 11 is 0. The van der Waals surface area contributed by atoms with Crippen LogP contribution in [0.25, 0.3) is 22.3 Å². The molecule has 0 fully saturated rings. The molecule has 0 aromatic heterocycles. The zero-order chi connectivity index (χ0) is 19.7. The quantitative estimate of drug-likeness (QED) is 0.476. The zero-order valence-electron chi connectivity index (χ0n) is 13.7. The van der Waals surface area contributed by atoms with Gasteiger partial charge in [0.05, 0.1) is 0 Å². The van der Waals surface area contributed by atoms with Gasteiger partial charge in [0, 0.05) is 5.56 Å². The van der Waals surface area contributed by atoms with Crippen molar-refractivity contribution in [2.24, 2.45) is 0 Å². The van der Waals surface area contributed by atoms with Crippen molar-refractivity contribution in [1.29, 1.82) is 0 Å². The van der Waals surface area contributed by atoms with E-state index in [2.05, 4.69) is 0 Å². The van der Waals surface area contributed by atoms with Crippen molar-refractivity contribution < 1.29 is 35.1 Å². The Morgan fingerprint density at radius 1 is 0.556 bits per heavy atom. The molecular weight excluding hydrogens is 352 g/mol. The first-order chi connectivity index (χ1) is 12.8. The highest BCUT2D eigenvalue weighted by atomic mass is 16.4. The highest BCUT2D eigenvalue weighted by molar-refractivity contribution is 5.93. The predicted molar refractivity (Wildman–Crippen MR) is 96.2 cm³/mol. The third-order valence-electron chi connectivity index (χ3n) is 4.10. The van der Waals surface area contributed by atoms with Crippen LogP contribution in [0, 0.1) is 0 Å². The maximum atomic E-state index is 11.0. The Bertz CT molecular complexity index is 1070. The summed E-state index contributed by atoms with van der Waals surface area (Å²) in [5.74, 6) is -3.45. The van der Waals surface area contributed by atoms with E-state index >= 15 is 0 Å². The number of phenols is 3. The van der Waals surface area contributed by atoms with Gasteiger partial charge < -0.3 is 25.5 Å². The zero-order valence-corrected chi connectivity index (χ0v) is 13.7. The Morgan fingerprint density at radius 3 is 1.41 bits per heavy atom. The van der Waals surface area contributed by atoms with Crippen LogP contribution in [0.1, 0.15) is 20.7 Å². The summed E-state index contributed by atoms with van der Waals surface area (Å²) in [5, 5.41) is 47.9. The fourth-order valence-electron chi connectivity index (χ4n) is 2.73. The van der Waals surface area contributed by atoms with Crippen LogP contribution in [-0.2, 0) is 0 Å². The fraction of sp³-hybridized carbons (Fsp3) is 0. The van der Waals surface area contributed by atoms with Gasteiger partial charge in [0.1, 0.15) is 28.4 Å². The summed E-state index contributed by atoms with van der Waals surface area (Å²) in [5.41, 5.74) is 1.36. The highest BCUT2D eigenvalue weighted by Crippen LogP contribution is 2.36. The number of aromatic hydroxyl groups is 3. The van der Waals surface area contributed by atoms with Crippen LogP contribution in [0.4, 0.5) is 0 Å². The standard InChI is InChI=1S/C20H14O7/c21-16-7-10(11-2-5-14(19(24)25)17(22)8-11)1-4-13(16)12-3-6-15(20(26)27)18(23)9-12/h1-9,21-23H,(H,24,25)(H,26,27). The maximum absolute atomic E-state index is 11.0. The van der Waals surface area contributed by atoms with Crippen LogP contribution >= 0.6 is 0 Å². The van der Waals surface area contributed by atoms with Crippen molar-refractivity contribution in [3.8, 4) is 39.5 Å². The van der Waals surface area contributed by atoms with E-state index in [1.165, 1.54) is 42.5 Å². The van der Waals surface area contributed by atoms with Gasteiger partial charge in [-0.2, -0.15) is 0 Å². The second-order valence-electron chi connectivity index (χ2n) is 5.81. The first kappa shape index (κ1) is 17.8. The van der Waals surface area contributed by atoms with Gasteiger partial charge in [-0.25, -0.2) is 9.59 Å². The number of rotatable bonds is 4. The van der Waals surface area contributed by atoms with E-state index in [1.807, 2.05) is 0 Å². The number of carboxylic acids is 2. The molecular formula is C20H14O7. The molecule has 0 aliphatic carbocycles. The minimum Gasteiger partial charge on any atom is -0.507 e. The molecule has 136 valence electrons. The largest absolute Gasteiger partial charge is 0.507 e. The van der Waals surface area contributed by atoms with E-state index in [9.17, 15) is 24.9 Å². The van der Waals surface area contributed by atoms with Gasteiger partial charge in [-0.3, -0.25) is 0 Å². The first-order valence-electron chi connectivity index (χ1n) is 7.74. The number of benzene rings is 3. The second kappa shape index (κ2) is 6.72. The maximum Gasteiger partial charge on any atom is 0.339 e. The lowest BCUT2D eigenvalue weighted by atomic mass is 9.97. The first-order valence-corrected chi connectivity index (χ1v) is 7.74. The molecule has 0 atom stereocenters. The molecule has 0 saturated heterocycles. The Morgan fingerprint density at radius 2 is 0.963 bits per heavy atom. The fourth-order valence-corrected chi connectivity index (χ4v) is 2.73. The molecule has 0 heterocycles. The topological polar surface area (TPSA) is 135 Å². The van der Waals surface area contributed by atoms with Crippen LogP contribution in [0.5, 0.6) is 17.2 Å². The Labute approximate surface area is 153 Å². The molecule has 3 rings (SSSR count). The molecule has 5 N–H and O–H groups in total. The van der Waals surface area contributed by atoms with Gasteiger partial charge in [0.15, 0.2) is 0 Å². The number of carboxylic acid groups (broad SMARTS) is 2. The van der Waals surface area contributed by atoms with Gasteiger partial charge >= 0.3 is 11.9 Å². The normalized spacial score (nSPS) is 10.5. The lowest BCUT2D eigenvalue weighted by Gasteiger charge is -2.10. The van der Waals surface area contributed by atoms with Gasteiger partial charge in [-0.05, 0) is 47.0 Å². The number of hydrogen-bond acceptors (Lipinski definition) is 5. The molecule has 0 amide bonds. The molecule has 0 saturated carbocycles. The van der Waals surface area contributed by atoms with Crippen molar-refractivity contribution in [2.45, 2.75) is 0 Å². The van der Waals surface area contributed by atoms with E-state index in [-0.39, 0.29) is 16.9 Å². The van der Waals surface area contributed by atoms with Crippen LogP contribution in [0.15, 0.2) is 54.6 Å². The second-order valence-corrected chi connectivity index (χ2v) is 5.81. The lowest BCUT2D eigenvalue weighted by molar-refractivity contribution is 0.0682. The van der Waals surface area contributed by atoms with Gasteiger partial charge in [0.25, 0.3) is 0 Å². The van der Waals surface area contributed by atoms with Crippen molar-refractivity contribution in [2.75, 3.05) is 0 Å². The van der Waals surface area contributed by atoms with E-state index in [4.69, 9.17) is 10.2 Å². The molecule has 0 radical (unpaired) electrons. The SMILES string of the molecule is O=C(O)c1ccc(-c2ccc(-c3ccc(C(=O)O)c(O)c3)c(O)c2)cc1O. The number of hydrogen-bond donors (Lipinski definition) is 5. The summed E-state index contributed by atoms with van der Waals surface area (Å²) in [6.07, 6.45) is 0. The average Bonchev–Trinajstić information content (AvgIpc) is 2.60. The van der Waals surface area contributed by atoms with Crippen LogP contribution in [-0.4, -0.2) is 37.5 Å². The summed E-state index contributed by atoms with van der Waals surface area (Å²) in [6.45, 7) is 0. The summed E-state index contributed by atoms with van der Waals surface area (Å²) in [4.78, 5) is 21.9. The van der Waals surface area contributed by atoms with Crippen LogP contribution in [0.2, 0.25) is 0 Å². The number of phenolic OH excluding ortho intramolecular Hbond substituents is 1. The van der Waals surface area contributed by atoms with E-state index in [1.54, 1.807) is 12.1 Å². The average molecular weight is 366 g/mol. The van der Waals surface area contributed by atoms with Crippen molar-refractivity contribution in [3.05, 3.63) is 65.7 Å². The van der Waals surface area contributed by atoms with Crippen molar-refractivity contribution >= 4 is 11.9 Å². The summed E-state index contributed by atoms with van der Waals surface area (Å²) in [6, 6.07) is 12.6. The predicted octanol–water partition coefficient (Wildman–Crippen LogP) is 3.53. The summed E-state index contributed by atoms with van der Waals surface area (Å²) < 4.78 is 0. The molecule has 7 heteroatoms. The smallest absolute Gasteiger partial charge is 0.339 e. The van der Waals surface area contributed by atoms with Crippen molar-refractivity contribution in [1.82, 2.24) is 0 Å². The molecule has 3 aromatic rings. The third-order valence-corrected chi connectivity index (χ3v) is 4.10. The van der Waals surface area contributed by atoms with Crippen LogP contribution < -0.4 is 0 Å². The molecule has 0 spiro atoms. The Hall–Kier alpha value is -4.00. The molecule has 0 unspecified atom stereocenters. The van der Waals surface area contributed by atoms with Crippen LogP contribution in [0.3, 0.4) is 0 Å². The molecule has 7 nitrogen and oxygen atoms in total. The van der Waals surface area contributed by atoms with Gasteiger partial charge in [-0.1, -0.05) is 24.3 Å². The minimum atomic E-state index is -1.26. The molecule has 0 aliphatic rings. The highest BCUT2D eigenvalue weighted by Gasteiger charge is 2.14. The third kappa shape index (κ3) is 3.38. The monoisotopic (exact) mass is 366 g/mol. The molecule has 27 heavy (non-hydrogen) atoms. The van der Waals surface area contributed by atoms with Gasteiger partial charge in [-0.15, -0.1) is 0 Å². The molecule has 3 aromatic carbocycles. The molecule has 0 bridgehead atoms. The molecule has 0 aliphatic heterocycles. The van der Waals surface area contributed by atoms with E-state index < -0.39 is 23.4 Å². The van der Waals surface area contributed by atoms with E-state index in [0.717, 1.165) is 0 Å². The lowest BCUT2D eigenvalue weighted by Crippen LogP contribution is -1.96. The Balaban J connectivity index is 1.99. The van der Waals surface area contributed by atoms with E-state index in [0.29, 0.717) is 22.3 Å².